The average Bonchev–Trinajstić information content (AvgIpc) is 2.63. The number of halogens is 2. The zero-order valence-corrected chi connectivity index (χ0v) is 12.0. The lowest BCUT2D eigenvalue weighted by Crippen LogP contribution is -2.11. The zero-order chi connectivity index (χ0) is 12.4. The van der Waals surface area contributed by atoms with Crippen LogP contribution < -0.4 is 5.32 Å². The van der Waals surface area contributed by atoms with Crippen molar-refractivity contribution in [1.82, 2.24) is 5.16 Å². The molecule has 0 spiro atoms. The van der Waals surface area contributed by atoms with Crippen LogP contribution in [0, 0.1) is 6.92 Å². The van der Waals surface area contributed by atoms with Crippen molar-refractivity contribution in [2.24, 2.45) is 0 Å². The summed E-state index contributed by atoms with van der Waals surface area (Å²) in [4.78, 5) is 11.9. The molecule has 0 radical (unpaired) electrons. The molecule has 2 aromatic rings. The zero-order valence-electron chi connectivity index (χ0n) is 8.83. The van der Waals surface area contributed by atoms with Gasteiger partial charge >= 0.3 is 0 Å². The van der Waals surface area contributed by atoms with Crippen molar-refractivity contribution in [1.29, 1.82) is 0 Å². The number of amides is 1. The molecule has 1 aromatic heterocycles. The number of hydrogen-bond donors (Lipinski definition) is 1. The topological polar surface area (TPSA) is 55.1 Å². The Morgan fingerprint density at radius 3 is 2.71 bits per heavy atom. The van der Waals surface area contributed by atoms with E-state index in [1.165, 1.54) is 0 Å². The number of nitrogens with zero attached hydrogens (tertiary/aromatic N) is 1. The van der Waals surface area contributed by atoms with Crippen molar-refractivity contribution in [2.45, 2.75) is 6.92 Å². The normalized spacial score (nSPS) is 10.3. The first kappa shape index (κ1) is 12.3. The fourth-order valence-electron chi connectivity index (χ4n) is 1.28. The maximum Gasteiger partial charge on any atom is 0.259 e. The van der Waals surface area contributed by atoms with Gasteiger partial charge in [-0.2, -0.15) is 0 Å². The second-order valence-corrected chi connectivity index (χ2v) is 5.18. The first-order valence-electron chi connectivity index (χ1n) is 4.76. The highest BCUT2D eigenvalue weighted by Crippen LogP contribution is 2.23. The van der Waals surface area contributed by atoms with E-state index in [0.717, 1.165) is 10.2 Å². The van der Waals surface area contributed by atoms with Crippen molar-refractivity contribution in [3.63, 3.8) is 0 Å². The summed E-state index contributed by atoms with van der Waals surface area (Å²) in [5.41, 5.74) is 1.25. The Labute approximate surface area is 115 Å². The van der Waals surface area contributed by atoms with Crippen LogP contribution in [-0.4, -0.2) is 11.1 Å². The number of carbonyl (C=O) groups is 1. The molecule has 2 rings (SSSR count). The fraction of sp³-hybridized carbons (Fsp3) is 0.0909. The molecule has 0 aliphatic rings. The number of benzene rings is 1. The quantitative estimate of drug-likeness (QED) is 0.888. The van der Waals surface area contributed by atoms with Crippen molar-refractivity contribution in [3.8, 4) is 0 Å². The SMILES string of the molecule is Cc1cc(NC(=O)c2ccc(Br)cc2Br)on1. The number of aryl methyl sites for hydroxylation is 1. The third-order valence-corrected chi connectivity index (χ3v) is 3.19. The molecule has 17 heavy (non-hydrogen) atoms. The Morgan fingerprint density at radius 1 is 1.35 bits per heavy atom. The Hall–Kier alpha value is -1.14. The summed E-state index contributed by atoms with van der Waals surface area (Å²) in [6.45, 7) is 1.79. The predicted molar refractivity (Wildman–Crippen MR) is 71.0 cm³/mol. The minimum absolute atomic E-state index is 0.250. The lowest BCUT2D eigenvalue weighted by Gasteiger charge is -2.04. The minimum Gasteiger partial charge on any atom is -0.338 e. The van der Waals surface area contributed by atoms with E-state index in [4.69, 9.17) is 4.52 Å². The molecule has 0 atom stereocenters. The van der Waals surface area contributed by atoms with Gasteiger partial charge in [-0.1, -0.05) is 21.1 Å². The summed E-state index contributed by atoms with van der Waals surface area (Å²) in [6, 6.07) is 6.98. The highest BCUT2D eigenvalue weighted by atomic mass is 79.9. The van der Waals surface area contributed by atoms with Gasteiger partial charge in [-0.3, -0.25) is 10.1 Å². The molecule has 0 unspecified atom stereocenters. The minimum atomic E-state index is -0.250. The molecule has 1 amide bonds. The molecule has 1 aromatic carbocycles. The van der Waals surface area contributed by atoms with Gasteiger partial charge < -0.3 is 4.52 Å². The van der Waals surface area contributed by atoms with Gasteiger partial charge in [-0.05, 0) is 41.1 Å². The number of nitrogens with one attached hydrogen (secondary N) is 1. The van der Waals surface area contributed by atoms with Crippen molar-refractivity contribution in [2.75, 3.05) is 5.32 Å². The van der Waals surface area contributed by atoms with Crippen LogP contribution in [0.2, 0.25) is 0 Å². The molecule has 0 aliphatic heterocycles. The molecule has 0 saturated carbocycles. The Balaban J connectivity index is 2.20. The molecule has 4 nitrogen and oxygen atoms in total. The summed E-state index contributed by atoms with van der Waals surface area (Å²) in [7, 11) is 0. The van der Waals surface area contributed by atoms with Gasteiger partial charge in [0.05, 0.1) is 11.3 Å². The molecule has 0 fully saturated rings. The maximum absolute atomic E-state index is 11.9. The van der Waals surface area contributed by atoms with Gasteiger partial charge in [0, 0.05) is 15.0 Å². The van der Waals surface area contributed by atoms with Gasteiger partial charge in [0.1, 0.15) is 0 Å². The summed E-state index contributed by atoms with van der Waals surface area (Å²) < 4.78 is 6.52. The van der Waals surface area contributed by atoms with E-state index < -0.39 is 0 Å². The molecule has 6 heteroatoms. The van der Waals surface area contributed by atoms with E-state index in [0.29, 0.717) is 15.9 Å². The van der Waals surface area contributed by atoms with Crippen LogP contribution in [0.15, 0.2) is 37.7 Å². The monoisotopic (exact) mass is 358 g/mol. The van der Waals surface area contributed by atoms with Gasteiger partial charge in [0.15, 0.2) is 0 Å². The lowest BCUT2D eigenvalue weighted by atomic mass is 10.2. The van der Waals surface area contributed by atoms with E-state index in [-0.39, 0.29) is 5.91 Å². The lowest BCUT2D eigenvalue weighted by molar-refractivity contribution is 0.102. The molecule has 88 valence electrons. The number of carbonyl (C=O) groups excluding carboxylic acids is 1. The first-order valence-corrected chi connectivity index (χ1v) is 6.34. The Kier molecular flexibility index (Phi) is 3.63. The maximum atomic E-state index is 11.9. The van der Waals surface area contributed by atoms with Gasteiger partial charge in [-0.15, -0.1) is 0 Å². The van der Waals surface area contributed by atoms with E-state index in [2.05, 4.69) is 42.3 Å². The van der Waals surface area contributed by atoms with Crippen molar-refractivity contribution in [3.05, 3.63) is 44.5 Å². The summed E-state index contributed by atoms with van der Waals surface area (Å²) in [6.07, 6.45) is 0. The molecule has 0 saturated heterocycles. The summed E-state index contributed by atoms with van der Waals surface area (Å²) in [5, 5.41) is 6.32. The number of hydrogen-bond acceptors (Lipinski definition) is 3. The highest BCUT2D eigenvalue weighted by Gasteiger charge is 2.12. The van der Waals surface area contributed by atoms with E-state index >= 15 is 0 Å². The fourth-order valence-corrected chi connectivity index (χ4v) is 2.50. The molecule has 0 bridgehead atoms. The van der Waals surface area contributed by atoms with Crippen molar-refractivity contribution < 1.29 is 9.32 Å². The van der Waals surface area contributed by atoms with E-state index in [9.17, 15) is 4.79 Å². The van der Waals surface area contributed by atoms with Gasteiger partial charge in [0.2, 0.25) is 5.88 Å². The largest absolute Gasteiger partial charge is 0.338 e. The van der Waals surface area contributed by atoms with E-state index in [1.807, 2.05) is 0 Å². The number of anilines is 1. The van der Waals surface area contributed by atoms with Crippen LogP contribution in [0.5, 0.6) is 0 Å². The summed E-state index contributed by atoms with van der Waals surface area (Å²) in [5.74, 6) is 0.0860. The second kappa shape index (κ2) is 5.01. The van der Waals surface area contributed by atoms with Crippen molar-refractivity contribution >= 4 is 43.7 Å². The van der Waals surface area contributed by atoms with Crippen LogP contribution in [0.3, 0.4) is 0 Å². The molecular weight excluding hydrogens is 352 g/mol. The second-order valence-electron chi connectivity index (χ2n) is 3.41. The third-order valence-electron chi connectivity index (χ3n) is 2.04. The Morgan fingerprint density at radius 2 is 2.12 bits per heavy atom. The number of aromatic nitrogens is 1. The van der Waals surface area contributed by atoms with Crippen LogP contribution in [0.4, 0.5) is 5.88 Å². The Bertz CT molecular complexity index is 566. The summed E-state index contributed by atoms with van der Waals surface area (Å²) >= 11 is 6.65. The van der Waals surface area contributed by atoms with Crippen LogP contribution in [-0.2, 0) is 0 Å². The smallest absolute Gasteiger partial charge is 0.259 e. The molecular formula is C11H8Br2N2O2. The standard InChI is InChI=1S/C11H8Br2N2O2/c1-6-4-10(17-15-6)14-11(16)8-3-2-7(12)5-9(8)13/h2-5H,1H3,(H,14,16). The molecule has 0 aliphatic carbocycles. The molecule has 1 N–H and O–H groups in total. The third kappa shape index (κ3) is 2.95. The highest BCUT2D eigenvalue weighted by molar-refractivity contribution is 9.11. The average molecular weight is 360 g/mol. The van der Waals surface area contributed by atoms with Gasteiger partial charge in [0.25, 0.3) is 5.91 Å². The van der Waals surface area contributed by atoms with Crippen LogP contribution in [0.1, 0.15) is 16.1 Å². The van der Waals surface area contributed by atoms with E-state index in [1.54, 1.807) is 31.2 Å². The van der Waals surface area contributed by atoms with Gasteiger partial charge in [-0.25, -0.2) is 0 Å². The first-order chi connectivity index (χ1) is 8.06. The molecule has 1 heterocycles. The van der Waals surface area contributed by atoms with Crippen LogP contribution >= 0.6 is 31.9 Å². The van der Waals surface area contributed by atoms with Crippen LogP contribution in [0.25, 0.3) is 0 Å². The predicted octanol–water partition coefficient (Wildman–Crippen LogP) is 3.76. The number of rotatable bonds is 2.